The lowest BCUT2D eigenvalue weighted by atomic mass is 10.3. The van der Waals surface area contributed by atoms with E-state index in [1.54, 1.807) is 36.4 Å². The smallest absolute Gasteiger partial charge is 0.265 e. The van der Waals surface area contributed by atoms with Gasteiger partial charge in [0.25, 0.3) is 10.0 Å². The maximum atomic E-state index is 12.5. The lowest BCUT2D eigenvalue weighted by Crippen LogP contribution is -2.14. The fourth-order valence-corrected chi connectivity index (χ4v) is 3.47. The van der Waals surface area contributed by atoms with Crippen molar-refractivity contribution in [3.05, 3.63) is 46.9 Å². The van der Waals surface area contributed by atoms with Gasteiger partial charge in [-0.2, -0.15) is 0 Å². The number of ether oxygens (including phenoxy) is 2. The van der Waals surface area contributed by atoms with Gasteiger partial charge in [0.05, 0.1) is 18.7 Å². The maximum Gasteiger partial charge on any atom is 0.265 e. The van der Waals surface area contributed by atoms with E-state index in [0.29, 0.717) is 15.9 Å². The van der Waals surface area contributed by atoms with Crippen LogP contribution < -0.4 is 14.2 Å². The van der Waals surface area contributed by atoms with Gasteiger partial charge >= 0.3 is 0 Å². The average molecular weight is 372 g/mol. The zero-order valence-electron chi connectivity index (χ0n) is 11.5. The standard InChI is InChI=1S/C14H14BrNO4S/c1-19-12-9-14(13(20-2)8-11(12)15)21(17,18)16-10-6-4-3-5-7-10/h3-9,16H,1-2H3. The first-order chi connectivity index (χ1) is 9.97. The van der Waals surface area contributed by atoms with Gasteiger partial charge in [0.15, 0.2) is 0 Å². The zero-order valence-corrected chi connectivity index (χ0v) is 13.9. The quantitative estimate of drug-likeness (QED) is 0.875. The van der Waals surface area contributed by atoms with Crippen LogP contribution in [0.15, 0.2) is 51.8 Å². The number of hydrogen-bond acceptors (Lipinski definition) is 4. The van der Waals surface area contributed by atoms with E-state index in [2.05, 4.69) is 20.7 Å². The summed E-state index contributed by atoms with van der Waals surface area (Å²) in [6.07, 6.45) is 0. The van der Waals surface area contributed by atoms with Gasteiger partial charge in [-0.05, 0) is 34.1 Å². The summed E-state index contributed by atoms with van der Waals surface area (Å²) < 4.78 is 38.4. The monoisotopic (exact) mass is 371 g/mol. The summed E-state index contributed by atoms with van der Waals surface area (Å²) in [6, 6.07) is 11.6. The van der Waals surface area contributed by atoms with Gasteiger partial charge in [0.2, 0.25) is 0 Å². The van der Waals surface area contributed by atoms with Crippen molar-refractivity contribution in [3.8, 4) is 11.5 Å². The molecule has 21 heavy (non-hydrogen) atoms. The zero-order chi connectivity index (χ0) is 15.5. The fraction of sp³-hybridized carbons (Fsp3) is 0.143. The normalized spacial score (nSPS) is 11.0. The van der Waals surface area contributed by atoms with Gasteiger partial charge in [0.1, 0.15) is 16.4 Å². The van der Waals surface area contributed by atoms with Crippen molar-refractivity contribution in [1.29, 1.82) is 0 Å². The molecule has 0 amide bonds. The van der Waals surface area contributed by atoms with E-state index >= 15 is 0 Å². The molecule has 0 heterocycles. The second kappa shape index (κ2) is 6.36. The van der Waals surface area contributed by atoms with Crippen molar-refractivity contribution in [1.82, 2.24) is 0 Å². The third-order valence-electron chi connectivity index (χ3n) is 2.75. The Morgan fingerprint density at radius 1 is 1.00 bits per heavy atom. The Morgan fingerprint density at radius 3 is 2.19 bits per heavy atom. The second-order valence-corrected chi connectivity index (χ2v) is 6.61. The molecule has 0 spiro atoms. The topological polar surface area (TPSA) is 64.6 Å². The SMILES string of the molecule is COc1cc(S(=O)(=O)Nc2ccccc2)c(OC)cc1Br. The highest BCUT2D eigenvalue weighted by atomic mass is 79.9. The molecule has 1 N–H and O–H groups in total. The third kappa shape index (κ3) is 3.48. The van der Waals surface area contributed by atoms with Crippen molar-refractivity contribution in [2.24, 2.45) is 0 Å². The van der Waals surface area contributed by atoms with Gasteiger partial charge in [-0.25, -0.2) is 8.42 Å². The molecule has 112 valence electrons. The van der Waals surface area contributed by atoms with Crippen molar-refractivity contribution >= 4 is 31.6 Å². The minimum Gasteiger partial charge on any atom is -0.496 e. The summed E-state index contributed by atoms with van der Waals surface area (Å²) in [4.78, 5) is 0.00824. The van der Waals surface area contributed by atoms with E-state index in [1.165, 1.54) is 20.3 Å². The van der Waals surface area contributed by atoms with Crippen LogP contribution in [0.25, 0.3) is 0 Å². The van der Waals surface area contributed by atoms with Crippen LogP contribution in [0.5, 0.6) is 11.5 Å². The molecule has 0 unspecified atom stereocenters. The largest absolute Gasteiger partial charge is 0.496 e. The Morgan fingerprint density at radius 2 is 1.62 bits per heavy atom. The molecule has 0 atom stereocenters. The number of para-hydroxylation sites is 1. The molecule has 7 heteroatoms. The maximum absolute atomic E-state index is 12.5. The van der Waals surface area contributed by atoms with Crippen LogP contribution in [0.3, 0.4) is 0 Å². The molecule has 2 aromatic rings. The van der Waals surface area contributed by atoms with Gasteiger partial charge in [-0.1, -0.05) is 18.2 Å². The highest BCUT2D eigenvalue weighted by molar-refractivity contribution is 9.10. The number of sulfonamides is 1. The molecular weight excluding hydrogens is 358 g/mol. The number of hydrogen-bond donors (Lipinski definition) is 1. The molecule has 0 bridgehead atoms. The third-order valence-corrected chi connectivity index (χ3v) is 4.78. The first-order valence-electron chi connectivity index (χ1n) is 5.97. The van der Waals surface area contributed by atoms with E-state index < -0.39 is 10.0 Å². The number of rotatable bonds is 5. The summed E-state index contributed by atoms with van der Waals surface area (Å²) in [5.41, 5.74) is 0.474. The number of anilines is 1. The molecule has 2 rings (SSSR count). The summed E-state index contributed by atoms with van der Waals surface area (Å²) in [5, 5.41) is 0. The van der Waals surface area contributed by atoms with Crippen LogP contribution in [-0.4, -0.2) is 22.6 Å². The first-order valence-corrected chi connectivity index (χ1v) is 8.25. The van der Waals surface area contributed by atoms with Crippen LogP contribution in [0, 0.1) is 0 Å². The molecule has 0 aromatic heterocycles. The second-order valence-electron chi connectivity index (χ2n) is 4.11. The van der Waals surface area contributed by atoms with Crippen LogP contribution in [0.1, 0.15) is 0 Å². The van der Waals surface area contributed by atoms with Crippen LogP contribution in [0.2, 0.25) is 0 Å². The molecule has 0 aliphatic rings. The van der Waals surface area contributed by atoms with Gasteiger partial charge in [0, 0.05) is 11.8 Å². The van der Waals surface area contributed by atoms with E-state index in [-0.39, 0.29) is 10.6 Å². The molecule has 0 aliphatic carbocycles. The van der Waals surface area contributed by atoms with Crippen molar-refractivity contribution in [2.75, 3.05) is 18.9 Å². The molecule has 2 aromatic carbocycles. The van der Waals surface area contributed by atoms with Crippen molar-refractivity contribution in [3.63, 3.8) is 0 Å². The molecule has 0 saturated carbocycles. The number of benzene rings is 2. The van der Waals surface area contributed by atoms with E-state index in [0.717, 1.165) is 0 Å². The minimum absolute atomic E-state index is 0.00824. The average Bonchev–Trinajstić information content (AvgIpc) is 2.47. The highest BCUT2D eigenvalue weighted by Crippen LogP contribution is 2.35. The summed E-state index contributed by atoms with van der Waals surface area (Å²) in [6.45, 7) is 0. The molecule has 0 saturated heterocycles. The Kier molecular flexibility index (Phi) is 4.74. The summed E-state index contributed by atoms with van der Waals surface area (Å²) in [5.74, 6) is 0.635. The fourth-order valence-electron chi connectivity index (χ4n) is 1.76. The van der Waals surface area contributed by atoms with Crippen LogP contribution in [-0.2, 0) is 10.0 Å². The van der Waals surface area contributed by atoms with Crippen molar-refractivity contribution in [2.45, 2.75) is 4.90 Å². The first kappa shape index (κ1) is 15.7. The highest BCUT2D eigenvalue weighted by Gasteiger charge is 2.22. The Balaban J connectivity index is 2.48. The lowest BCUT2D eigenvalue weighted by Gasteiger charge is -2.14. The van der Waals surface area contributed by atoms with E-state index in [1.807, 2.05) is 0 Å². The predicted octanol–water partition coefficient (Wildman–Crippen LogP) is 3.27. The number of halogens is 1. The summed E-state index contributed by atoms with van der Waals surface area (Å²) >= 11 is 3.30. The molecule has 0 fully saturated rings. The van der Waals surface area contributed by atoms with Gasteiger partial charge in [-0.3, -0.25) is 4.72 Å². The van der Waals surface area contributed by atoms with Crippen molar-refractivity contribution < 1.29 is 17.9 Å². The minimum atomic E-state index is -3.78. The van der Waals surface area contributed by atoms with Gasteiger partial charge < -0.3 is 9.47 Å². The molecule has 0 aliphatic heterocycles. The van der Waals surface area contributed by atoms with Crippen LogP contribution in [0.4, 0.5) is 5.69 Å². The predicted molar refractivity (Wildman–Crippen MR) is 84.5 cm³/mol. The molecular formula is C14H14BrNO4S. The number of methoxy groups -OCH3 is 2. The number of nitrogens with one attached hydrogen (secondary N) is 1. The van der Waals surface area contributed by atoms with Crippen LogP contribution >= 0.6 is 15.9 Å². The lowest BCUT2D eigenvalue weighted by molar-refractivity contribution is 0.390. The summed E-state index contributed by atoms with van der Waals surface area (Å²) in [7, 11) is -0.903. The molecule has 0 radical (unpaired) electrons. The van der Waals surface area contributed by atoms with E-state index in [9.17, 15) is 8.42 Å². The van der Waals surface area contributed by atoms with E-state index in [4.69, 9.17) is 9.47 Å². The molecule has 5 nitrogen and oxygen atoms in total. The van der Waals surface area contributed by atoms with Gasteiger partial charge in [-0.15, -0.1) is 0 Å². The Bertz CT molecular complexity index is 732. The Labute approximate surface area is 132 Å². The Hall–Kier alpha value is -1.73.